The van der Waals surface area contributed by atoms with E-state index in [-0.39, 0.29) is 5.69 Å². The van der Waals surface area contributed by atoms with Gasteiger partial charge in [-0.05, 0) is 42.3 Å². The molecule has 0 heterocycles. The first-order chi connectivity index (χ1) is 14.3. The number of carbonyl (C=O) groups excluding carboxylic acids is 2. The number of amides is 2. The molecule has 2 aromatic rings. The van der Waals surface area contributed by atoms with E-state index in [1.54, 1.807) is 36.6 Å². The Morgan fingerprint density at radius 2 is 1.90 bits per heavy atom. The zero-order valence-electron chi connectivity index (χ0n) is 16.4. The topological polar surface area (TPSA) is 49.4 Å². The van der Waals surface area contributed by atoms with Gasteiger partial charge in [-0.2, -0.15) is 0 Å². The molecule has 1 atom stereocenters. The molecule has 0 radical (unpaired) electrons. The van der Waals surface area contributed by atoms with Crippen LogP contribution in [0.3, 0.4) is 0 Å². The average molecular weight is 455 g/mol. The molecule has 1 saturated carbocycles. The molecule has 0 saturated heterocycles. The number of hydrogen-bond donors (Lipinski definition) is 1. The van der Waals surface area contributed by atoms with Crippen LogP contribution in [0.4, 0.5) is 18.9 Å². The highest BCUT2D eigenvalue weighted by molar-refractivity contribution is 7.98. The lowest BCUT2D eigenvalue weighted by atomic mass is 9.87. The second-order valence-corrected chi connectivity index (χ2v) is 8.70. The Morgan fingerprint density at radius 1 is 1.20 bits per heavy atom. The van der Waals surface area contributed by atoms with Gasteiger partial charge in [-0.1, -0.05) is 18.2 Å². The van der Waals surface area contributed by atoms with Crippen molar-refractivity contribution >= 4 is 41.5 Å². The van der Waals surface area contributed by atoms with Gasteiger partial charge in [0.25, 0.3) is 5.92 Å². The molecule has 1 aliphatic carbocycles. The van der Waals surface area contributed by atoms with Crippen LogP contribution in [0, 0.1) is 5.82 Å². The number of rotatable bonds is 8. The first kappa shape index (κ1) is 22.6. The van der Waals surface area contributed by atoms with Crippen molar-refractivity contribution in [1.82, 2.24) is 5.32 Å². The largest absolute Gasteiger partial charge is 0.351 e. The molecule has 30 heavy (non-hydrogen) atoms. The molecule has 9 heteroatoms. The predicted octanol–water partition coefficient (Wildman–Crippen LogP) is 4.89. The quantitative estimate of drug-likeness (QED) is 0.456. The molecule has 4 nitrogen and oxygen atoms in total. The van der Waals surface area contributed by atoms with Crippen molar-refractivity contribution in [2.45, 2.75) is 40.6 Å². The number of nitrogens with zero attached hydrogens (tertiary/aromatic N) is 1. The van der Waals surface area contributed by atoms with Gasteiger partial charge in [-0.25, -0.2) is 13.2 Å². The number of benzene rings is 2. The van der Waals surface area contributed by atoms with E-state index in [0.29, 0.717) is 16.9 Å². The lowest BCUT2D eigenvalue weighted by molar-refractivity contribution is -0.131. The van der Waals surface area contributed by atoms with E-state index in [0.717, 1.165) is 9.80 Å². The fourth-order valence-corrected chi connectivity index (χ4v) is 4.54. The summed E-state index contributed by atoms with van der Waals surface area (Å²) in [4.78, 5) is 27.8. The normalized spacial score (nSPS) is 16.4. The van der Waals surface area contributed by atoms with Crippen LogP contribution in [0.5, 0.6) is 0 Å². The Labute approximate surface area is 181 Å². The summed E-state index contributed by atoms with van der Waals surface area (Å²) in [5.41, 5.74) is 0.750. The number of alkyl halides is 2. The van der Waals surface area contributed by atoms with E-state index < -0.39 is 42.6 Å². The van der Waals surface area contributed by atoms with Crippen LogP contribution in [0.25, 0.3) is 0 Å². The lowest BCUT2D eigenvalue weighted by Crippen LogP contribution is -2.53. The summed E-state index contributed by atoms with van der Waals surface area (Å²) in [5, 5.41) is 2.62. The maximum absolute atomic E-state index is 14.1. The number of nitrogens with one attached hydrogen (secondary N) is 1. The fraction of sp³-hybridized carbons (Fsp3) is 0.333. The van der Waals surface area contributed by atoms with Crippen molar-refractivity contribution in [1.29, 1.82) is 0 Å². The Bertz CT molecular complexity index is 934. The van der Waals surface area contributed by atoms with Gasteiger partial charge in [-0.15, -0.1) is 23.5 Å². The van der Waals surface area contributed by atoms with Crippen molar-refractivity contribution < 1.29 is 22.8 Å². The molecule has 0 aromatic heterocycles. The summed E-state index contributed by atoms with van der Waals surface area (Å²) >= 11 is 2.69. The van der Waals surface area contributed by atoms with Gasteiger partial charge in [0, 0.05) is 34.4 Å². The fourth-order valence-electron chi connectivity index (χ4n) is 3.44. The number of thioether (sulfide) groups is 2. The molecule has 0 aliphatic heterocycles. The van der Waals surface area contributed by atoms with Crippen molar-refractivity contribution in [3.8, 4) is 0 Å². The van der Waals surface area contributed by atoms with Crippen LogP contribution in [-0.2, 0) is 9.59 Å². The minimum Gasteiger partial charge on any atom is -0.351 e. The van der Waals surface area contributed by atoms with E-state index >= 15 is 0 Å². The third-order valence-electron chi connectivity index (χ3n) is 4.90. The zero-order chi connectivity index (χ0) is 21.9. The minimum atomic E-state index is -2.79. The van der Waals surface area contributed by atoms with Crippen LogP contribution in [-0.4, -0.2) is 36.8 Å². The van der Waals surface area contributed by atoms with Crippen LogP contribution in [0.2, 0.25) is 0 Å². The molecule has 2 amide bonds. The molecule has 0 bridgehead atoms. The van der Waals surface area contributed by atoms with E-state index in [2.05, 4.69) is 5.32 Å². The summed E-state index contributed by atoms with van der Waals surface area (Å²) in [5.74, 6) is -3.91. The molecule has 1 aliphatic rings. The Morgan fingerprint density at radius 3 is 2.50 bits per heavy atom. The summed E-state index contributed by atoms with van der Waals surface area (Å²) in [7, 11) is 0. The highest BCUT2D eigenvalue weighted by Gasteiger charge is 2.47. The first-order valence-electron chi connectivity index (χ1n) is 9.17. The average Bonchev–Trinajstić information content (AvgIpc) is 2.69. The van der Waals surface area contributed by atoms with Gasteiger partial charge in [0.15, 0.2) is 0 Å². The Hall–Kier alpha value is -2.13. The smallest absolute Gasteiger partial charge is 0.252 e. The van der Waals surface area contributed by atoms with Crippen molar-refractivity contribution in [3.05, 3.63) is 53.8 Å². The number of hydrogen-bond acceptors (Lipinski definition) is 4. The Balaban J connectivity index is 2.02. The number of carbonyl (C=O) groups is 2. The summed E-state index contributed by atoms with van der Waals surface area (Å²) < 4.78 is 40.6. The summed E-state index contributed by atoms with van der Waals surface area (Å²) in [6.45, 7) is 0. The molecule has 1 fully saturated rings. The minimum absolute atomic E-state index is 0.212. The molecule has 1 unspecified atom stereocenters. The Kier molecular flexibility index (Phi) is 7.02. The SMILES string of the molecule is CSc1cc(F)cc(N(C=O)C(C(=O)NC2CC(F)(F)C2)c2ccccc2SC)c1. The van der Waals surface area contributed by atoms with Gasteiger partial charge >= 0.3 is 0 Å². The zero-order valence-corrected chi connectivity index (χ0v) is 18.0. The number of halogens is 3. The van der Waals surface area contributed by atoms with Crippen molar-refractivity contribution in [2.24, 2.45) is 0 Å². The first-order valence-corrected chi connectivity index (χ1v) is 11.6. The lowest BCUT2D eigenvalue weighted by Gasteiger charge is -2.37. The van der Waals surface area contributed by atoms with Crippen LogP contribution in [0.1, 0.15) is 24.4 Å². The molecule has 1 N–H and O–H groups in total. The molecular weight excluding hydrogens is 433 g/mol. The van der Waals surface area contributed by atoms with Gasteiger partial charge in [0.2, 0.25) is 12.3 Å². The molecule has 0 spiro atoms. The monoisotopic (exact) mass is 454 g/mol. The highest BCUT2D eigenvalue weighted by atomic mass is 32.2. The summed E-state index contributed by atoms with van der Waals surface area (Å²) in [6, 6.07) is 9.37. The third-order valence-corrected chi connectivity index (χ3v) is 6.42. The van der Waals surface area contributed by atoms with Gasteiger partial charge < -0.3 is 5.32 Å². The van der Waals surface area contributed by atoms with Crippen LogP contribution >= 0.6 is 23.5 Å². The van der Waals surface area contributed by atoms with E-state index in [1.165, 1.54) is 35.7 Å². The van der Waals surface area contributed by atoms with Gasteiger partial charge in [0.05, 0.1) is 0 Å². The van der Waals surface area contributed by atoms with Gasteiger partial charge in [0.1, 0.15) is 11.9 Å². The van der Waals surface area contributed by atoms with E-state index in [9.17, 15) is 22.8 Å². The molecular formula is C21H21F3N2O2S2. The second-order valence-electron chi connectivity index (χ2n) is 6.98. The second kappa shape index (κ2) is 9.34. The predicted molar refractivity (Wildman–Crippen MR) is 114 cm³/mol. The van der Waals surface area contributed by atoms with Crippen molar-refractivity contribution in [3.63, 3.8) is 0 Å². The van der Waals surface area contributed by atoms with Crippen molar-refractivity contribution in [2.75, 3.05) is 17.4 Å². The maximum Gasteiger partial charge on any atom is 0.252 e. The third kappa shape index (κ3) is 4.95. The number of anilines is 1. The maximum atomic E-state index is 14.1. The van der Waals surface area contributed by atoms with Crippen LogP contribution < -0.4 is 10.2 Å². The van der Waals surface area contributed by atoms with Crippen LogP contribution in [0.15, 0.2) is 52.3 Å². The van der Waals surface area contributed by atoms with E-state index in [4.69, 9.17) is 0 Å². The summed E-state index contributed by atoms with van der Waals surface area (Å²) in [6.07, 6.45) is 3.20. The standard InChI is InChI=1S/C21H21F3N2O2S2/c1-29-16-8-13(22)7-15(9-16)26(12-27)19(17-5-3-4-6-18(17)30-2)20(28)25-14-10-21(23,24)11-14/h3-9,12,14,19H,10-11H2,1-2H3,(H,25,28). The molecule has 160 valence electrons. The van der Waals surface area contributed by atoms with Gasteiger partial charge in [-0.3, -0.25) is 14.5 Å². The molecule has 3 rings (SSSR count). The van der Waals surface area contributed by atoms with E-state index in [1.807, 2.05) is 6.26 Å². The molecule has 2 aromatic carbocycles. The highest BCUT2D eigenvalue weighted by Crippen LogP contribution is 2.39.